The maximum atomic E-state index is 4.38. The molecule has 2 heteroatoms. The van der Waals surface area contributed by atoms with Gasteiger partial charge in [0, 0.05) is 13.1 Å². The van der Waals surface area contributed by atoms with E-state index in [0.29, 0.717) is 5.41 Å². The summed E-state index contributed by atoms with van der Waals surface area (Å²) >= 11 is 0. The third-order valence-electron chi connectivity index (χ3n) is 1.93. The van der Waals surface area contributed by atoms with Crippen LogP contribution in [-0.2, 0) is 0 Å². The molecule has 58 valence electrons. The van der Waals surface area contributed by atoms with Gasteiger partial charge in [-0.1, -0.05) is 13.8 Å². The van der Waals surface area contributed by atoms with Gasteiger partial charge < -0.3 is 5.32 Å². The van der Waals surface area contributed by atoms with Gasteiger partial charge in [-0.05, 0) is 18.8 Å². The van der Waals surface area contributed by atoms with Crippen LogP contribution >= 0.6 is 0 Å². The molecule has 0 fully saturated rings. The monoisotopic (exact) mass is 140 g/mol. The first kappa shape index (κ1) is 7.58. The molecule has 0 spiro atoms. The van der Waals surface area contributed by atoms with Crippen molar-refractivity contribution in [3.63, 3.8) is 0 Å². The summed E-state index contributed by atoms with van der Waals surface area (Å²) < 4.78 is 0. The summed E-state index contributed by atoms with van der Waals surface area (Å²) in [6, 6.07) is 0. The molecule has 1 heterocycles. The number of nitrogens with one attached hydrogen (secondary N) is 1. The van der Waals surface area contributed by atoms with Gasteiger partial charge in [-0.15, -0.1) is 0 Å². The van der Waals surface area contributed by atoms with Crippen LogP contribution in [0.2, 0.25) is 0 Å². The van der Waals surface area contributed by atoms with E-state index in [9.17, 15) is 0 Å². The molecule has 1 aliphatic heterocycles. The second-order valence-corrected chi connectivity index (χ2v) is 3.74. The number of nitrogens with zero attached hydrogens (tertiary/aromatic N) is 1. The first-order valence-corrected chi connectivity index (χ1v) is 3.85. The van der Waals surface area contributed by atoms with Gasteiger partial charge in [0.2, 0.25) is 0 Å². The van der Waals surface area contributed by atoms with Crippen LogP contribution in [0.3, 0.4) is 0 Å². The van der Waals surface area contributed by atoms with Gasteiger partial charge in [-0.2, -0.15) is 0 Å². The van der Waals surface area contributed by atoms with Crippen LogP contribution < -0.4 is 5.32 Å². The minimum absolute atomic E-state index is 0.394. The molecule has 0 atom stereocenters. The minimum atomic E-state index is 0.394. The zero-order valence-corrected chi connectivity index (χ0v) is 7.07. The van der Waals surface area contributed by atoms with Gasteiger partial charge in [0.05, 0.1) is 5.84 Å². The molecule has 1 N–H and O–H groups in total. The van der Waals surface area contributed by atoms with Crippen LogP contribution in [0.1, 0.15) is 27.2 Å². The molecule has 0 saturated carbocycles. The topological polar surface area (TPSA) is 24.4 Å². The lowest BCUT2D eigenvalue weighted by molar-refractivity contribution is 0.357. The fraction of sp³-hybridized carbons (Fsp3) is 0.875. The highest BCUT2D eigenvalue weighted by Gasteiger charge is 2.18. The normalized spacial score (nSPS) is 24.5. The van der Waals surface area contributed by atoms with Gasteiger partial charge in [0.25, 0.3) is 0 Å². The van der Waals surface area contributed by atoms with Crippen molar-refractivity contribution in [2.24, 2.45) is 10.4 Å². The predicted molar refractivity (Wildman–Crippen MR) is 44.4 cm³/mol. The van der Waals surface area contributed by atoms with E-state index in [2.05, 4.69) is 24.2 Å². The first-order valence-electron chi connectivity index (χ1n) is 3.85. The Morgan fingerprint density at radius 1 is 1.50 bits per heavy atom. The molecule has 0 unspecified atom stereocenters. The summed E-state index contributed by atoms with van der Waals surface area (Å²) in [5.74, 6) is 1.09. The maximum absolute atomic E-state index is 4.38. The molecule has 0 aliphatic carbocycles. The predicted octanol–water partition coefficient (Wildman–Crippen LogP) is 1.42. The van der Waals surface area contributed by atoms with Crippen molar-refractivity contribution in [3.05, 3.63) is 0 Å². The van der Waals surface area contributed by atoms with E-state index in [1.54, 1.807) is 0 Å². The highest BCUT2D eigenvalue weighted by Crippen LogP contribution is 2.20. The van der Waals surface area contributed by atoms with Crippen LogP contribution in [0.5, 0.6) is 0 Å². The third-order valence-corrected chi connectivity index (χ3v) is 1.93. The molecule has 0 saturated heterocycles. The van der Waals surface area contributed by atoms with E-state index in [0.717, 1.165) is 18.9 Å². The van der Waals surface area contributed by atoms with Crippen LogP contribution in [-0.4, -0.2) is 18.9 Å². The number of amidine groups is 1. The number of aliphatic imine (C=N–C) groups is 1. The Kier molecular flexibility index (Phi) is 1.97. The lowest BCUT2D eigenvalue weighted by atomic mass is 9.90. The fourth-order valence-electron chi connectivity index (χ4n) is 1.05. The number of hydrogen-bond acceptors (Lipinski definition) is 2. The van der Waals surface area contributed by atoms with Crippen molar-refractivity contribution < 1.29 is 0 Å². The smallest absolute Gasteiger partial charge is 0.0931 e. The molecule has 0 radical (unpaired) electrons. The zero-order chi connectivity index (χ0) is 7.61. The molecule has 0 aromatic carbocycles. The van der Waals surface area contributed by atoms with Crippen LogP contribution in [0.4, 0.5) is 0 Å². The summed E-state index contributed by atoms with van der Waals surface area (Å²) in [7, 11) is 0. The van der Waals surface area contributed by atoms with Crippen molar-refractivity contribution >= 4 is 5.84 Å². The largest absolute Gasteiger partial charge is 0.374 e. The Morgan fingerprint density at radius 2 is 2.20 bits per heavy atom. The SMILES string of the molecule is CC1=NCC(C)(C)CCN1. The molecule has 10 heavy (non-hydrogen) atoms. The van der Waals surface area contributed by atoms with E-state index in [4.69, 9.17) is 0 Å². The van der Waals surface area contributed by atoms with E-state index < -0.39 is 0 Å². The fourth-order valence-corrected chi connectivity index (χ4v) is 1.05. The number of rotatable bonds is 0. The molecule has 0 bridgehead atoms. The maximum Gasteiger partial charge on any atom is 0.0931 e. The molecular weight excluding hydrogens is 124 g/mol. The molecule has 1 rings (SSSR count). The Balaban J connectivity index is 2.57. The molecule has 0 aromatic heterocycles. The van der Waals surface area contributed by atoms with Gasteiger partial charge in [-0.3, -0.25) is 4.99 Å². The molecule has 0 aromatic rings. The van der Waals surface area contributed by atoms with Crippen molar-refractivity contribution in [3.8, 4) is 0 Å². The molecular formula is C8H16N2. The first-order chi connectivity index (χ1) is 4.60. The lowest BCUT2D eigenvalue weighted by Gasteiger charge is -2.18. The Hall–Kier alpha value is -0.530. The van der Waals surface area contributed by atoms with E-state index >= 15 is 0 Å². The Labute approximate surface area is 62.7 Å². The minimum Gasteiger partial charge on any atom is -0.374 e. The third kappa shape index (κ3) is 2.01. The second-order valence-electron chi connectivity index (χ2n) is 3.74. The van der Waals surface area contributed by atoms with Gasteiger partial charge in [0.15, 0.2) is 0 Å². The van der Waals surface area contributed by atoms with E-state index in [1.165, 1.54) is 6.42 Å². The summed E-state index contributed by atoms with van der Waals surface area (Å²) in [5, 5.41) is 3.25. The summed E-state index contributed by atoms with van der Waals surface area (Å²) in [5.41, 5.74) is 0.394. The lowest BCUT2D eigenvalue weighted by Crippen LogP contribution is -2.22. The molecule has 1 aliphatic rings. The summed E-state index contributed by atoms with van der Waals surface area (Å²) in [4.78, 5) is 4.38. The van der Waals surface area contributed by atoms with Crippen molar-refractivity contribution in [1.82, 2.24) is 5.32 Å². The average molecular weight is 140 g/mol. The summed E-state index contributed by atoms with van der Waals surface area (Å²) in [6.45, 7) is 8.59. The second kappa shape index (κ2) is 2.60. The highest BCUT2D eigenvalue weighted by molar-refractivity contribution is 5.79. The Morgan fingerprint density at radius 3 is 2.90 bits per heavy atom. The van der Waals surface area contributed by atoms with Crippen LogP contribution in [0.15, 0.2) is 4.99 Å². The van der Waals surface area contributed by atoms with Gasteiger partial charge >= 0.3 is 0 Å². The average Bonchev–Trinajstić information content (AvgIpc) is 1.94. The van der Waals surface area contributed by atoms with Crippen LogP contribution in [0, 0.1) is 5.41 Å². The van der Waals surface area contributed by atoms with E-state index in [1.807, 2.05) is 6.92 Å². The van der Waals surface area contributed by atoms with Crippen molar-refractivity contribution in [2.75, 3.05) is 13.1 Å². The quantitative estimate of drug-likeness (QED) is 0.540. The standard InChI is InChI=1S/C8H16N2/c1-7-9-5-4-8(2,3)6-10-7/h4-6H2,1-3H3,(H,9,10). The summed E-state index contributed by atoms with van der Waals surface area (Å²) in [6.07, 6.45) is 1.22. The van der Waals surface area contributed by atoms with E-state index in [-0.39, 0.29) is 0 Å². The zero-order valence-electron chi connectivity index (χ0n) is 7.07. The number of hydrogen-bond donors (Lipinski definition) is 1. The molecule has 0 amide bonds. The van der Waals surface area contributed by atoms with Crippen molar-refractivity contribution in [1.29, 1.82) is 0 Å². The van der Waals surface area contributed by atoms with Crippen molar-refractivity contribution in [2.45, 2.75) is 27.2 Å². The van der Waals surface area contributed by atoms with Crippen LogP contribution in [0.25, 0.3) is 0 Å². The Bertz CT molecular complexity index is 147. The van der Waals surface area contributed by atoms with Gasteiger partial charge in [0.1, 0.15) is 0 Å². The van der Waals surface area contributed by atoms with Gasteiger partial charge in [-0.25, -0.2) is 0 Å². The highest BCUT2D eigenvalue weighted by atomic mass is 15.0. The molecule has 2 nitrogen and oxygen atoms in total.